The molecule has 0 bridgehead atoms. The van der Waals surface area contributed by atoms with Crippen LogP contribution in [0.3, 0.4) is 0 Å². The van der Waals surface area contributed by atoms with E-state index in [1.54, 1.807) is 17.2 Å². The molecule has 2 N–H and O–H groups in total. The molecule has 1 amide bonds. The summed E-state index contributed by atoms with van der Waals surface area (Å²) in [5, 5.41) is 0.735. The first-order valence-corrected chi connectivity index (χ1v) is 7.53. The Kier molecular flexibility index (Phi) is 7.60. The van der Waals surface area contributed by atoms with Gasteiger partial charge in [-0.3, -0.25) is 9.78 Å². The van der Waals surface area contributed by atoms with E-state index >= 15 is 0 Å². The van der Waals surface area contributed by atoms with Gasteiger partial charge in [-0.05, 0) is 18.2 Å². The summed E-state index contributed by atoms with van der Waals surface area (Å²) < 4.78 is 0. The van der Waals surface area contributed by atoms with Gasteiger partial charge in [-0.2, -0.15) is 0 Å². The lowest BCUT2D eigenvalue weighted by molar-refractivity contribution is 0.0747. The first kappa shape index (κ1) is 20.4. The van der Waals surface area contributed by atoms with Gasteiger partial charge in [0, 0.05) is 44.3 Å². The molecule has 8 heteroatoms. The van der Waals surface area contributed by atoms with Gasteiger partial charge in [0.2, 0.25) is 0 Å². The number of amides is 1. The third-order valence-electron chi connectivity index (χ3n) is 3.85. The summed E-state index contributed by atoms with van der Waals surface area (Å²) in [7, 11) is 0. The number of nitrogens with zero attached hydrogens (tertiary/aromatic N) is 3. The van der Waals surface area contributed by atoms with Gasteiger partial charge in [0.25, 0.3) is 5.91 Å². The van der Waals surface area contributed by atoms with E-state index in [-0.39, 0.29) is 30.7 Å². The highest BCUT2D eigenvalue weighted by atomic mass is 35.5. The maximum Gasteiger partial charge on any atom is 0.257 e. The minimum Gasteiger partial charge on any atom is -0.398 e. The molecule has 2 aromatic rings. The molecule has 24 heavy (non-hydrogen) atoms. The highest BCUT2D eigenvalue weighted by Gasteiger charge is 2.24. The highest BCUT2D eigenvalue weighted by molar-refractivity contribution is 6.33. The molecule has 5 nitrogen and oxygen atoms in total. The molecule has 2 heterocycles. The molecule has 0 unspecified atom stereocenters. The Hall–Kier alpha value is -1.69. The van der Waals surface area contributed by atoms with E-state index in [2.05, 4.69) is 9.88 Å². The summed E-state index contributed by atoms with van der Waals surface area (Å²) >= 11 is 6.23. The lowest BCUT2D eigenvalue weighted by Crippen LogP contribution is -2.49. The van der Waals surface area contributed by atoms with Gasteiger partial charge in [0.05, 0.1) is 16.3 Å². The summed E-state index contributed by atoms with van der Waals surface area (Å²) in [6, 6.07) is 9.41. The van der Waals surface area contributed by atoms with Crippen LogP contribution in [-0.2, 0) is 0 Å². The Morgan fingerprint density at radius 3 is 2.38 bits per heavy atom. The summed E-state index contributed by atoms with van der Waals surface area (Å²) in [6.45, 7) is 2.77. The molecule has 1 aromatic carbocycles. The van der Waals surface area contributed by atoms with Crippen molar-refractivity contribution in [1.29, 1.82) is 0 Å². The van der Waals surface area contributed by atoms with Crippen LogP contribution in [0, 0.1) is 0 Å². The summed E-state index contributed by atoms with van der Waals surface area (Å²) in [6.07, 6.45) is 3.11. The van der Waals surface area contributed by atoms with Crippen LogP contribution in [0.15, 0.2) is 42.7 Å². The van der Waals surface area contributed by atoms with Crippen LogP contribution in [0.1, 0.15) is 10.4 Å². The Labute approximate surface area is 158 Å². The smallest absolute Gasteiger partial charge is 0.257 e. The molecule has 0 radical (unpaired) electrons. The Morgan fingerprint density at radius 2 is 1.75 bits per heavy atom. The molecule has 1 aliphatic rings. The molecule has 1 aliphatic heterocycles. The van der Waals surface area contributed by atoms with E-state index in [0.717, 1.165) is 23.8 Å². The molecule has 130 valence electrons. The Bertz CT molecular complexity index is 691. The number of carbonyl (C=O) groups is 1. The van der Waals surface area contributed by atoms with Crippen LogP contribution >= 0.6 is 36.4 Å². The quantitative estimate of drug-likeness (QED) is 0.857. The minimum absolute atomic E-state index is 0. The third-order valence-corrected chi connectivity index (χ3v) is 4.16. The second-order valence-corrected chi connectivity index (χ2v) is 5.60. The fraction of sp³-hybridized carbons (Fsp3) is 0.250. The Morgan fingerprint density at radius 1 is 1.08 bits per heavy atom. The van der Waals surface area contributed by atoms with Crippen molar-refractivity contribution in [1.82, 2.24) is 9.88 Å². The zero-order valence-electron chi connectivity index (χ0n) is 12.9. The van der Waals surface area contributed by atoms with E-state index in [4.69, 9.17) is 17.3 Å². The van der Waals surface area contributed by atoms with Gasteiger partial charge in [0.15, 0.2) is 0 Å². The summed E-state index contributed by atoms with van der Waals surface area (Å²) in [5.74, 6) is -0.0654. The van der Waals surface area contributed by atoms with Crippen LogP contribution in [0.4, 0.5) is 11.4 Å². The molecule has 0 atom stereocenters. The number of carbonyl (C=O) groups excluding carboxylic acids is 1. The van der Waals surface area contributed by atoms with Crippen molar-refractivity contribution < 1.29 is 4.79 Å². The second kappa shape index (κ2) is 8.97. The number of rotatable bonds is 2. The first-order chi connectivity index (χ1) is 10.7. The maximum atomic E-state index is 12.5. The molecular formula is C16H19Cl3N4O. The van der Waals surface area contributed by atoms with Gasteiger partial charge in [-0.1, -0.05) is 23.7 Å². The number of nitrogen functional groups attached to an aromatic ring is 1. The number of halogens is 3. The van der Waals surface area contributed by atoms with E-state index < -0.39 is 0 Å². The summed E-state index contributed by atoms with van der Waals surface area (Å²) in [5.41, 5.74) is 7.79. The van der Waals surface area contributed by atoms with E-state index in [9.17, 15) is 4.79 Å². The molecule has 1 saturated heterocycles. The average molecular weight is 390 g/mol. The van der Waals surface area contributed by atoms with Crippen molar-refractivity contribution in [2.75, 3.05) is 36.8 Å². The molecule has 0 spiro atoms. The zero-order chi connectivity index (χ0) is 15.5. The average Bonchev–Trinajstić information content (AvgIpc) is 2.55. The van der Waals surface area contributed by atoms with Crippen molar-refractivity contribution in [3.05, 3.63) is 53.3 Å². The van der Waals surface area contributed by atoms with Crippen molar-refractivity contribution in [2.45, 2.75) is 0 Å². The minimum atomic E-state index is -0.0654. The number of para-hydroxylation sites is 1. The lowest BCUT2D eigenvalue weighted by atomic mass is 10.2. The molecule has 1 fully saturated rings. The van der Waals surface area contributed by atoms with Gasteiger partial charge in [-0.15, -0.1) is 24.8 Å². The normalized spacial score (nSPS) is 13.7. The van der Waals surface area contributed by atoms with Crippen molar-refractivity contribution >= 4 is 53.7 Å². The predicted molar refractivity (Wildman–Crippen MR) is 103 cm³/mol. The van der Waals surface area contributed by atoms with Crippen LogP contribution < -0.4 is 10.6 Å². The largest absolute Gasteiger partial charge is 0.398 e. The third kappa shape index (κ3) is 4.23. The monoisotopic (exact) mass is 388 g/mol. The standard InChI is InChI=1S/C16H17ClN4O.2ClH/c17-13-3-1-2-4-15(13)20-7-9-21(10-8-20)16(22)12-11-19-6-5-14(12)18;;/h1-6,11H,7-10H2,(H2,18,19);2*1H. The van der Waals surface area contributed by atoms with Crippen LogP contribution in [0.2, 0.25) is 5.02 Å². The summed E-state index contributed by atoms with van der Waals surface area (Å²) in [4.78, 5) is 20.5. The van der Waals surface area contributed by atoms with E-state index in [1.165, 1.54) is 6.20 Å². The predicted octanol–water partition coefficient (Wildman–Crippen LogP) is 3.12. The zero-order valence-corrected chi connectivity index (χ0v) is 15.3. The number of pyridine rings is 1. The van der Waals surface area contributed by atoms with E-state index in [0.29, 0.717) is 24.3 Å². The molecule has 1 aromatic heterocycles. The number of piperazine rings is 1. The van der Waals surface area contributed by atoms with Crippen LogP contribution in [0.25, 0.3) is 0 Å². The number of benzene rings is 1. The second-order valence-electron chi connectivity index (χ2n) is 5.19. The highest BCUT2D eigenvalue weighted by Crippen LogP contribution is 2.26. The number of hydrogen-bond acceptors (Lipinski definition) is 4. The first-order valence-electron chi connectivity index (χ1n) is 7.15. The van der Waals surface area contributed by atoms with Gasteiger partial charge in [0.1, 0.15) is 0 Å². The van der Waals surface area contributed by atoms with Crippen molar-refractivity contribution in [3.8, 4) is 0 Å². The van der Waals surface area contributed by atoms with Crippen LogP contribution in [0.5, 0.6) is 0 Å². The van der Waals surface area contributed by atoms with Gasteiger partial charge < -0.3 is 15.5 Å². The van der Waals surface area contributed by atoms with Gasteiger partial charge >= 0.3 is 0 Å². The fourth-order valence-corrected chi connectivity index (χ4v) is 2.87. The number of hydrogen-bond donors (Lipinski definition) is 1. The molecule has 0 aliphatic carbocycles. The molecule has 3 rings (SSSR count). The SMILES string of the molecule is Cl.Cl.Nc1ccncc1C(=O)N1CCN(c2ccccc2Cl)CC1. The lowest BCUT2D eigenvalue weighted by Gasteiger charge is -2.36. The van der Waals surface area contributed by atoms with E-state index in [1.807, 2.05) is 24.3 Å². The molecule has 0 saturated carbocycles. The van der Waals surface area contributed by atoms with Crippen molar-refractivity contribution in [2.24, 2.45) is 0 Å². The number of anilines is 2. The fourth-order valence-electron chi connectivity index (χ4n) is 2.61. The topological polar surface area (TPSA) is 62.5 Å². The molecular weight excluding hydrogens is 371 g/mol. The Balaban J connectivity index is 0.00000144. The van der Waals surface area contributed by atoms with Gasteiger partial charge in [-0.25, -0.2) is 0 Å². The number of aromatic nitrogens is 1. The maximum absolute atomic E-state index is 12.5. The van der Waals surface area contributed by atoms with Crippen molar-refractivity contribution in [3.63, 3.8) is 0 Å². The van der Waals surface area contributed by atoms with Crippen LogP contribution in [-0.4, -0.2) is 42.0 Å². The number of nitrogens with two attached hydrogens (primary N) is 1.